The lowest BCUT2D eigenvalue weighted by Gasteiger charge is -2.29. The highest BCUT2D eigenvalue weighted by Crippen LogP contribution is 2.28. The van der Waals surface area contributed by atoms with Crippen LogP contribution in [0.1, 0.15) is 30.7 Å². The van der Waals surface area contributed by atoms with Gasteiger partial charge in [0, 0.05) is 43.2 Å². The first-order chi connectivity index (χ1) is 13.3. The third-order valence-electron chi connectivity index (χ3n) is 4.76. The quantitative estimate of drug-likeness (QED) is 0.793. The van der Waals surface area contributed by atoms with Gasteiger partial charge in [0.1, 0.15) is 6.61 Å². The van der Waals surface area contributed by atoms with Gasteiger partial charge in [0.2, 0.25) is 5.88 Å². The van der Waals surface area contributed by atoms with Crippen molar-refractivity contribution in [2.75, 3.05) is 33.8 Å². The summed E-state index contributed by atoms with van der Waals surface area (Å²) in [6.45, 7) is 7.43. The molecule has 0 fully saturated rings. The topological polar surface area (TPSA) is 86.4 Å². The van der Waals surface area contributed by atoms with Crippen LogP contribution in [-0.2, 0) is 19.5 Å². The minimum absolute atomic E-state index is 0.0146. The normalized spacial score (nSPS) is 15.8. The molecule has 3 rings (SSSR count). The molecule has 152 valence electrons. The fourth-order valence-electron chi connectivity index (χ4n) is 3.35. The van der Waals surface area contributed by atoms with Gasteiger partial charge in [-0.25, -0.2) is 9.78 Å². The van der Waals surface area contributed by atoms with E-state index in [1.54, 1.807) is 6.20 Å². The van der Waals surface area contributed by atoms with Crippen LogP contribution in [0, 0.1) is 5.41 Å². The Labute approximate surface area is 166 Å². The number of likely N-dealkylation sites (N-methyl/N-ethyl adjacent to an activating group) is 1. The van der Waals surface area contributed by atoms with Gasteiger partial charge in [0.15, 0.2) is 0 Å². The number of hydrogen-bond acceptors (Lipinski definition) is 5. The maximum atomic E-state index is 12.8. The number of fused-ring (bicyclic) bond motifs is 1. The molecule has 0 bridgehead atoms. The zero-order valence-electron chi connectivity index (χ0n) is 17.2. The largest absolute Gasteiger partial charge is 0.476 e. The molecule has 8 nitrogen and oxygen atoms in total. The molecule has 0 radical (unpaired) electrons. The summed E-state index contributed by atoms with van der Waals surface area (Å²) in [5.41, 5.74) is 3.15. The monoisotopic (exact) mass is 386 g/mol. The predicted octanol–water partition coefficient (Wildman–Crippen LogP) is 2.04. The van der Waals surface area contributed by atoms with Crippen LogP contribution in [0.25, 0.3) is 0 Å². The zero-order valence-corrected chi connectivity index (χ0v) is 17.2. The second kappa shape index (κ2) is 8.60. The number of rotatable bonds is 6. The molecule has 0 atom stereocenters. The summed E-state index contributed by atoms with van der Waals surface area (Å²) in [4.78, 5) is 20.9. The molecule has 3 heterocycles. The van der Waals surface area contributed by atoms with Crippen LogP contribution < -0.4 is 10.1 Å². The number of pyridine rings is 1. The predicted molar refractivity (Wildman–Crippen MR) is 107 cm³/mol. The van der Waals surface area contributed by atoms with Crippen LogP contribution in [-0.4, -0.2) is 64.8 Å². The van der Waals surface area contributed by atoms with Crippen molar-refractivity contribution in [1.82, 2.24) is 30.3 Å². The van der Waals surface area contributed by atoms with Gasteiger partial charge >= 0.3 is 6.03 Å². The average Bonchev–Trinajstić information content (AvgIpc) is 2.99. The van der Waals surface area contributed by atoms with Gasteiger partial charge in [-0.05, 0) is 37.6 Å². The number of aromatic amines is 1. The summed E-state index contributed by atoms with van der Waals surface area (Å²) in [6.07, 6.45) is 4.40. The molecular formula is C20H30N6O2. The summed E-state index contributed by atoms with van der Waals surface area (Å²) >= 11 is 0. The molecule has 1 aliphatic rings. The Balaban J connectivity index is 1.58. The molecule has 0 saturated carbocycles. The minimum Gasteiger partial charge on any atom is -0.476 e. The second-order valence-electron chi connectivity index (χ2n) is 8.38. The average molecular weight is 387 g/mol. The minimum atomic E-state index is -0.0750. The summed E-state index contributed by atoms with van der Waals surface area (Å²) in [5.74, 6) is 0.576. The highest BCUT2D eigenvalue weighted by atomic mass is 16.5. The molecule has 2 aromatic rings. The van der Waals surface area contributed by atoms with Crippen LogP contribution in [0.15, 0.2) is 24.5 Å². The fraction of sp³-hybridized carbons (Fsp3) is 0.550. The molecular weight excluding hydrogens is 356 g/mol. The Bertz CT molecular complexity index is 801. The van der Waals surface area contributed by atoms with E-state index >= 15 is 0 Å². The Morgan fingerprint density at radius 2 is 2.25 bits per heavy atom. The number of H-pyrrole nitrogens is 1. The van der Waals surface area contributed by atoms with E-state index < -0.39 is 0 Å². The van der Waals surface area contributed by atoms with Crippen molar-refractivity contribution in [1.29, 1.82) is 0 Å². The van der Waals surface area contributed by atoms with Gasteiger partial charge in [-0.15, -0.1) is 0 Å². The van der Waals surface area contributed by atoms with E-state index in [0.717, 1.165) is 29.8 Å². The molecule has 0 saturated heterocycles. The van der Waals surface area contributed by atoms with Crippen LogP contribution in [0.4, 0.5) is 4.79 Å². The van der Waals surface area contributed by atoms with Crippen molar-refractivity contribution in [2.24, 2.45) is 5.41 Å². The molecule has 2 amide bonds. The SMILES string of the molecule is CN(C)CCOc1cc(CNC(=O)N2Cc3cn[nH]c3CC(C)(C)C2)ccn1. The smallest absolute Gasteiger partial charge is 0.317 e. The Hall–Kier alpha value is -2.61. The summed E-state index contributed by atoms with van der Waals surface area (Å²) < 4.78 is 5.67. The van der Waals surface area contributed by atoms with Crippen molar-refractivity contribution < 1.29 is 9.53 Å². The first-order valence-electron chi connectivity index (χ1n) is 9.59. The van der Waals surface area contributed by atoms with Crippen molar-refractivity contribution in [3.05, 3.63) is 41.3 Å². The lowest BCUT2D eigenvalue weighted by molar-refractivity contribution is 0.168. The number of hydrogen-bond donors (Lipinski definition) is 2. The molecule has 28 heavy (non-hydrogen) atoms. The zero-order chi connectivity index (χ0) is 20.1. The molecule has 0 spiro atoms. The molecule has 0 unspecified atom stereocenters. The Morgan fingerprint density at radius 3 is 3.04 bits per heavy atom. The second-order valence-corrected chi connectivity index (χ2v) is 8.38. The van der Waals surface area contributed by atoms with Crippen LogP contribution in [0.5, 0.6) is 5.88 Å². The summed E-state index contributed by atoms with van der Waals surface area (Å²) in [5, 5.41) is 10.2. The summed E-state index contributed by atoms with van der Waals surface area (Å²) in [7, 11) is 4.00. The number of carbonyl (C=O) groups is 1. The van der Waals surface area contributed by atoms with Crippen LogP contribution in [0.2, 0.25) is 0 Å². The molecule has 0 aromatic carbocycles. The van der Waals surface area contributed by atoms with E-state index in [-0.39, 0.29) is 11.4 Å². The van der Waals surface area contributed by atoms with E-state index in [4.69, 9.17) is 4.74 Å². The van der Waals surface area contributed by atoms with Crippen molar-refractivity contribution in [2.45, 2.75) is 33.4 Å². The van der Waals surface area contributed by atoms with E-state index in [2.05, 4.69) is 39.2 Å². The molecule has 1 aliphatic heterocycles. The highest BCUT2D eigenvalue weighted by molar-refractivity contribution is 5.74. The number of urea groups is 1. The van der Waals surface area contributed by atoms with Gasteiger partial charge < -0.3 is 19.9 Å². The van der Waals surface area contributed by atoms with Gasteiger partial charge in [-0.1, -0.05) is 13.8 Å². The number of nitrogens with one attached hydrogen (secondary N) is 2. The number of aromatic nitrogens is 3. The number of nitrogens with zero attached hydrogens (tertiary/aromatic N) is 4. The molecule has 2 aromatic heterocycles. The Kier molecular flexibility index (Phi) is 6.18. The maximum absolute atomic E-state index is 12.8. The Morgan fingerprint density at radius 1 is 1.43 bits per heavy atom. The van der Waals surface area contributed by atoms with Crippen LogP contribution >= 0.6 is 0 Å². The van der Waals surface area contributed by atoms with E-state index in [1.165, 1.54) is 0 Å². The highest BCUT2D eigenvalue weighted by Gasteiger charge is 2.31. The standard InChI is InChI=1S/C20H30N6O2/c1-20(2)10-17-16(12-23-24-17)13-26(14-20)19(27)22-11-15-5-6-21-18(9-15)28-8-7-25(3)4/h5-6,9,12H,7-8,10-11,13-14H2,1-4H3,(H,22,27)(H,23,24). The van der Waals surface area contributed by atoms with Gasteiger partial charge in [-0.3, -0.25) is 5.10 Å². The number of ether oxygens (including phenoxy) is 1. The van der Waals surface area contributed by atoms with Gasteiger partial charge in [0.25, 0.3) is 0 Å². The lowest BCUT2D eigenvalue weighted by atomic mass is 9.88. The first-order valence-corrected chi connectivity index (χ1v) is 9.59. The first kappa shape index (κ1) is 20.1. The molecule has 2 N–H and O–H groups in total. The van der Waals surface area contributed by atoms with Crippen molar-refractivity contribution >= 4 is 6.03 Å². The lowest BCUT2D eigenvalue weighted by Crippen LogP contribution is -2.43. The molecule has 0 aliphatic carbocycles. The van der Waals surface area contributed by atoms with Crippen molar-refractivity contribution in [3.8, 4) is 5.88 Å². The maximum Gasteiger partial charge on any atom is 0.317 e. The third-order valence-corrected chi connectivity index (χ3v) is 4.76. The van der Waals surface area contributed by atoms with Gasteiger partial charge in [0.05, 0.1) is 12.7 Å². The van der Waals surface area contributed by atoms with E-state index in [1.807, 2.05) is 37.3 Å². The molecule has 8 heteroatoms. The van der Waals surface area contributed by atoms with Gasteiger partial charge in [-0.2, -0.15) is 5.10 Å². The summed E-state index contributed by atoms with van der Waals surface area (Å²) in [6, 6.07) is 3.69. The van der Waals surface area contributed by atoms with Crippen LogP contribution in [0.3, 0.4) is 0 Å². The van der Waals surface area contributed by atoms with E-state index in [0.29, 0.717) is 32.1 Å². The van der Waals surface area contributed by atoms with E-state index in [9.17, 15) is 4.79 Å². The number of amides is 2. The van der Waals surface area contributed by atoms with Crippen molar-refractivity contribution in [3.63, 3.8) is 0 Å². The number of carbonyl (C=O) groups excluding carboxylic acids is 1. The fourth-order valence-corrected chi connectivity index (χ4v) is 3.35. The third kappa shape index (κ3) is 5.45.